The molecule has 0 unspecified atom stereocenters. The lowest BCUT2D eigenvalue weighted by Gasteiger charge is -2.12. The molecule has 1 heterocycles. The molecular weight excluding hydrogens is 286 g/mol. The molecule has 0 aliphatic rings. The zero-order chi connectivity index (χ0) is 15.0. The van der Waals surface area contributed by atoms with E-state index in [2.05, 4.69) is 11.1 Å². The van der Waals surface area contributed by atoms with Gasteiger partial charge in [-0.25, -0.2) is 4.98 Å². The molecule has 4 nitrogen and oxygen atoms in total. The number of halogens is 1. The van der Waals surface area contributed by atoms with Gasteiger partial charge in [0.25, 0.3) is 0 Å². The Labute approximate surface area is 128 Å². The van der Waals surface area contributed by atoms with Crippen molar-refractivity contribution in [2.75, 3.05) is 12.8 Å². The number of nitrogens with two attached hydrogens (primary N) is 1. The van der Waals surface area contributed by atoms with Crippen LogP contribution in [0.2, 0.25) is 5.02 Å². The smallest absolute Gasteiger partial charge is 0.201 e. The van der Waals surface area contributed by atoms with E-state index in [9.17, 15) is 0 Å². The first-order chi connectivity index (χ1) is 10.1. The number of hydrogen-bond acceptors (Lipinski definition) is 3. The number of anilines is 1. The lowest BCUT2D eigenvalue weighted by atomic mass is 10.2. The van der Waals surface area contributed by atoms with Crippen LogP contribution >= 0.6 is 11.6 Å². The van der Waals surface area contributed by atoms with Gasteiger partial charge in [0.15, 0.2) is 0 Å². The van der Waals surface area contributed by atoms with Crippen molar-refractivity contribution in [1.29, 1.82) is 0 Å². The molecule has 21 heavy (non-hydrogen) atoms. The average Bonchev–Trinajstić information content (AvgIpc) is 2.77. The second-order valence-electron chi connectivity index (χ2n) is 4.97. The second-order valence-corrected chi connectivity index (χ2v) is 5.38. The third-order valence-corrected chi connectivity index (χ3v) is 3.90. The summed E-state index contributed by atoms with van der Waals surface area (Å²) in [5.74, 6) is 1.22. The first-order valence-electron chi connectivity index (χ1n) is 6.64. The van der Waals surface area contributed by atoms with Crippen LogP contribution < -0.4 is 10.5 Å². The van der Waals surface area contributed by atoms with Crippen molar-refractivity contribution in [2.24, 2.45) is 0 Å². The van der Waals surface area contributed by atoms with Crippen molar-refractivity contribution < 1.29 is 4.74 Å². The van der Waals surface area contributed by atoms with Gasteiger partial charge in [0, 0.05) is 10.6 Å². The highest BCUT2D eigenvalue weighted by atomic mass is 35.5. The first-order valence-corrected chi connectivity index (χ1v) is 7.01. The number of ether oxygens (including phenoxy) is 1. The maximum atomic E-state index is 6.31. The van der Waals surface area contributed by atoms with Gasteiger partial charge in [-0.2, -0.15) is 0 Å². The molecule has 3 aromatic rings. The molecule has 0 aliphatic carbocycles. The molecule has 3 rings (SSSR count). The van der Waals surface area contributed by atoms with Crippen molar-refractivity contribution in [2.45, 2.75) is 13.5 Å². The maximum absolute atomic E-state index is 6.31. The highest BCUT2D eigenvalue weighted by Gasteiger charge is 2.13. The number of rotatable bonds is 3. The summed E-state index contributed by atoms with van der Waals surface area (Å²) in [4.78, 5) is 4.39. The molecule has 2 aromatic carbocycles. The quantitative estimate of drug-likeness (QED) is 0.803. The van der Waals surface area contributed by atoms with E-state index in [1.165, 1.54) is 0 Å². The number of aromatic nitrogens is 2. The Morgan fingerprint density at radius 2 is 2.10 bits per heavy atom. The number of aryl methyl sites for hydroxylation is 1. The van der Waals surface area contributed by atoms with E-state index >= 15 is 0 Å². The van der Waals surface area contributed by atoms with E-state index in [1.54, 1.807) is 7.11 Å². The molecule has 0 spiro atoms. The third-order valence-electron chi connectivity index (χ3n) is 3.55. The lowest BCUT2D eigenvalue weighted by molar-refractivity contribution is 0.409. The summed E-state index contributed by atoms with van der Waals surface area (Å²) < 4.78 is 7.34. The van der Waals surface area contributed by atoms with Gasteiger partial charge in [-0.15, -0.1) is 0 Å². The van der Waals surface area contributed by atoms with E-state index in [4.69, 9.17) is 22.1 Å². The fourth-order valence-electron chi connectivity index (χ4n) is 2.46. The molecule has 1 aromatic heterocycles. The summed E-state index contributed by atoms with van der Waals surface area (Å²) in [6.45, 7) is 2.57. The minimum Gasteiger partial charge on any atom is -0.496 e. The number of imidazole rings is 1. The van der Waals surface area contributed by atoms with Crippen LogP contribution in [0.1, 0.15) is 11.1 Å². The van der Waals surface area contributed by atoms with Gasteiger partial charge in [0.2, 0.25) is 5.95 Å². The van der Waals surface area contributed by atoms with Gasteiger partial charge < -0.3 is 15.0 Å². The molecule has 0 saturated carbocycles. The number of methoxy groups -OCH3 is 1. The molecule has 0 fully saturated rings. The zero-order valence-electron chi connectivity index (χ0n) is 11.9. The van der Waals surface area contributed by atoms with Gasteiger partial charge in [-0.3, -0.25) is 0 Å². The summed E-state index contributed by atoms with van der Waals surface area (Å²) in [5, 5.41) is 0.656. The van der Waals surface area contributed by atoms with Gasteiger partial charge in [-0.05, 0) is 36.8 Å². The van der Waals surface area contributed by atoms with Crippen LogP contribution in [0.25, 0.3) is 11.0 Å². The SMILES string of the molecule is COc1cccc(Cl)c1Cn1c(N)nc2ccc(C)cc21. The minimum atomic E-state index is 0.470. The van der Waals surface area contributed by atoms with Crippen molar-refractivity contribution in [3.8, 4) is 5.75 Å². The van der Waals surface area contributed by atoms with E-state index < -0.39 is 0 Å². The van der Waals surface area contributed by atoms with Gasteiger partial charge >= 0.3 is 0 Å². The molecule has 0 aliphatic heterocycles. The zero-order valence-corrected chi connectivity index (χ0v) is 12.7. The maximum Gasteiger partial charge on any atom is 0.201 e. The number of nitrogens with zero attached hydrogens (tertiary/aromatic N) is 2. The van der Waals surface area contributed by atoms with Crippen LogP contribution in [0.3, 0.4) is 0 Å². The Bertz CT molecular complexity index is 811. The van der Waals surface area contributed by atoms with E-state index in [-0.39, 0.29) is 0 Å². The molecule has 0 amide bonds. The Balaban J connectivity index is 2.14. The number of nitrogen functional groups attached to an aromatic ring is 1. The van der Waals surface area contributed by atoms with Crippen molar-refractivity contribution >= 4 is 28.6 Å². The van der Waals surface area contributed by atoms with Crippen LogP contribution in [0.4, 0.5) is 5.95 Å². The Morgan fingerprint density at radius 3 is 2.86 bits per heavy atom. The normalized spacial score (nSPS) is 11.0. The summed E-state index contributed by atoms with van der Waals surface area (Å²) in [6.07, 6.45) is 0. The molecule has 2 N–H and O–H groups in total. The summed E-state index contributed by atoms with van der Waals surface area (Å²) in [6, 6.07) is 11.7. The third kappa shape index (κ3) is 2.43. The van der Waals surface area contributed by atoms with Crippen LogP contribution in [0, 0.1) is 6.92 Å². The molecule has 0 radical (unpaired) electrons. The topological polar surface area (TPSA) is 53.1 Å². The predicted octanol–water partition coefficient (Wildman–Crippen LogP) is 3.64. The van der Waals surface area contributed by atoms with Crippen molar-refractivity contribution in [3.63, 3.8) is 0 Å². The van der Waals surface area contributed by atoms with E-state index in [1.807, 2.05) is 41.8 Å². The van der Waals surface area contributed by atoms with Gasteiger partial charge in [-0.1, -0.05) is 23.7 Å². The van der Waals surface area contributed by atoms with E-state index in [0.717, 1.165) is 27.9 Å². The second kappa shape index (κ2) is 5.30. The van der Waals surface area contributed by atoms with Gasteiger partial charge in [0.05, 0.1) is 24.7 Å². The minimum absolute atomic E-state index is 0.470. The standard InChI is InChI=1S/C16H16ClN3O/c1-10-6-7-13-14(8-10)20(16(18)19-13)9-11-12(17)4-3-5-15(11)21-2/h3-8H,9H2,1-2H3,(H2,18,19). The summed E-state index contributed by atoms with van der Waals surface area (Å²) in [5.41, 5.74) is 9.99. The largest absolute Gasteiger partial charge is 0.496 e. The van der Waals surface area contributed by atoms with Crippen molar-refractivity contribution in [1.82, 2.24) is 9.55 Å². The lowest BCUT2D eigenvalue weighted by Crippen LogP contribution is -2.06. The first kappa shape index (κ1) is 13.8. The Hall–Kier alpha value is -2.20. The fraction of sp³-hybridized carbons (Fsp3) is 0.188. The number of hydrogen-bond donors (Lipinski definition) is 1. The molecule has 108 valence electrons. The summed E-state index contributed by atoms with van der Waals surface area (Å²) in [7, 11) is 1.63. The predicted molar refractivity (Wildman–Crippen MR) is 86.0 cm³/mol. The molecule has 0 saturated heterocycles. The Morgan fingerprint density at radius 1 is 1.29 bits per heavy atom. The molecule has 5 heteroatoms. The van der Waals surface area contributed by atoms with Crippen LogP contribution in [0.15, 0.2) is 36.4 Å². The molecular formula is C16H16ClN3O. The van der Waals surface area contributed by atoms with E-state index in [0.29, 0.717) is 17.5 Å². The molecule has 0 bridgehead atoms. The Kier molecular flexibility index (Phi) is 3.47. The average molecular weight is 302 g/mol. The van der Waals surface area contributed by atoms with Crippen molar-refractivity contribution in [3.05, 3.63) is 52.5 Å². The van der Waals surface area contributed by atoms with Crippen LogP contribution in [0.5, 0.6) is 5.75 Å². The van der Waals surface area contributed by atoms with Crippen LogP contribution in [-0.4, -0.2) is 16.7 Å². The van der Waals surface area contributed by atoms with Gasteiger partial charge in [0.1, 0.15) is 5.75 Å². The number of fused-ring (bicyclic) bond motifs is 1. The fourth-order valence-corrected chi connectivity index (χ4v) is 2.68. The highest BCUT2D eigenvalue weighted by Crippen LogP contribution is 2.29. The molecule has 0 atom stereocenters. The summed E-state index contributed by atoms with van der Waals surface area (Å²) >= 11 is 6.31. The van der Waals surface area contributed by atoms with Crippen LogP contribution in [-0.2, 0) is 6.54 Å². The number of benzene rings is 2. The monoisotopic (exact) mass is 301 g/mol. The highest BCUT2D eigenvalue weighted by molar-refractivity contribution is 6.31.